The summed E-state index contributed by atoms with van der Waals surface area (Å²) < 4.78 is 16.3. The maximum Gasteiger partial charge on any atom is 0.257 e. The Labute approximate surface area is 168 Å². The van der Waals surface area contributed by atoms with E-state index in [-0.39, 0.29) is 12.0 Å². The molecule has 3 rings (SSSR count). The highest BCUT2D eigenvalue weighted by Gasteiger charge is 2.14. The molecular formula is C21H22N2O4S. The minimum Gasteiger partial charge on any atom is -0.497 e. The number of ether oxygens (including phenoxy) is 3. The third kappa shape index (κ3) is 4.61. The van der Waals surface area contributed by atoms with Crippen molar-refractivity contribution in [3.8, 4) is 28.5 Å². The fourth-order valence-electron chi connectivity index (χ4n) is 2.60. The molecule has 1 amide bonds. The molecule has 1 heterocycles. The molecule has 0 spiro atoms. The number of hydrogen-bond donors (Lipinski definition) is 1. The minimum atomic E-state index is -0.227. The second-order valence-electron chi connectivity index (χ2n) is 6.25. The topological polar surface area (TPSA) is 69.7 Å². The van der Waals surface area contributed by atoms with Gasteiger partial charge in [0.2, 0.25) is 0 Å². The van der Waals surface area contributed by atoms with E-state index < -0.39 is 0 Å². The molecule has 7 heteroatoms. The summed E-state index contributed by atoms with van der Waals surface area (Å²) in [7, 11) is 3.21. The van der Waals surface area contributed by atoms with Crippen molar-refractivity contribution in [2.24, 2.45) is 0 Å². The maximum atomic E-state index is 12.5. The normalized spacial score (nSPS) is 10.6. The molecule has 0 aliphatic rings. The van der Waals surface area contributed by atoms with Gasteiger partial charge in [-0.25, -0.2) is 4.98 Å². The molecule has 0 bridgehead atoms. The number of nitrogens with zero attached hydrogens (tertiary/aromatic N) is 1. The lowest BCUT2D eigenvalue weighted by atomic mass is 10.1. The molecule has 28 heavy (non-hydrogen) atoms. The molecule has 1 N–H and O–H groups in total. The number of anilines is 1. The van der Waals surface area contributed by atoms with Crippen LogP contribution in [0.25, 0.3) is 11.3 Å². The van der Waals surface area contributed by atoms with E-state index in [1.54, 1.807) is 38.5 Å². The average molecular weight is 398 g/mol. The van der Waals surface area contributed by atoms with Crippen molar-refractivity contribution in [3.63, 3.8) is 0 Å². The van der Waals surface area contributed by atoms with E-state index in [1.165, 1.54) is 11.3 Å². The molecule has 0 saturated carbocycles. The number of carbonyl (C=O) groups excluding carboxylic acids is 1. The van der Waals surface area contributed by atoms with Crippen molar-refractivity contribution in [3.05, 3.63) is 53.4 Å². The number of thiazole rings is 1. The molecule has 1 aromatic heterocycles. The van der Waals surface area contributed by atoms with Gasteiger partial charge < -0.3 is 14.2 Å². The summed E-state index contributed by atoms with van der Waals surface area (Å²) in [5, 5.41) is 5.20. The molecule has 0 aliphatic heterocycles. The molecule has 146 valence electrons. The van der Waals surface area contributed by atoms with Crippen molar-refractivity contribution in [2.45, 2.75) is 20.0 Å². The van der Waals surface area contributed by atoms with Gasteiger partial charge in [0.1, 0.15) is 17.2 Å². The van der Waals surface area contributed by atoms with E-state index in [0.29, 0.717) is 27.9 Å². The zero-order valence-electron chi connectivity index (χ0n) is 16.2. The zero-order chi connectivity index (χ0) is 20.1. The summed E-state index contributed by atoms with van der Waals surface area (Å²) in [4.78, 5) is 17.0. The van der Waals surface area contributed by atoms with Gasteiger partial charge in [-0.3, -0.25) is 10.1 Å². The first-order valence-corrected chi connectivity index (χ1v) is 9.64. The van der Waals surface area contributed by atoms with E-state index in [4.69, 9.17) is 14.2 Å². The Morgan fingerprint density at radius 1 is 1.04 bits per heavy atom. The second kappa shape index (κ2) is 8.75. The molecule has 6 nitrogen and oxygen atoms in total. The summed E-state index contributed by atoms with van der Waals surface area (Å²) in [6.45, 7) is 3.91. The Kier molecular flexibility index (Phi) is 6.16. The quantitative estimate of drug-likeness (QED) is 0.615. The van der Waals surface area contributed by atoms with Crippen LogP contribution in [0.2, 0.25) is 0 Å². The first-order valence-electron chi connectivity index (χ1n) is 8.76. The van der Waals surface area contributed by atoms with Gasteiger partial charge in [-0.05, 0) is 56.3 Å². The maximum absolute atomic E-state index is 12.5. The molecule has 0 atom stereocenters. The lowest BCUT2D eigenvalue weighted by Gasteiger charge is -2.10. The van der Waals surface area contributed by atoms with E-state index in [0.717, 1.165) is 11.3 Å². The predicted molar refractivity (Wildman–Crippen MR) is 111 cm³/mol. The van der Waals surface area contributed by atoms with Crippen LogP contribution in [0.1, 0.15) is 24.2 Å². The van der Waals surface area contributed by atoms with Gasteiger partial charge in [0.25, 0.3) is 5.91 Å². The third-order valence-corrected chi connectivity index (χ3v) is 4.65. The first kappa shape index (κ1) is 19.7. The zero-order valence-corrected chi connectivity index (χ0v) is 17.0. The molecule has 0 unspecified atom stereocenters. The highest BCUT2D eigenvalue weighted by atomic mass is 32.1. The SMILES string of the molecule is COc1ccc(OC)c(-c2csc(NC(=O)c3ccc(OC(C)C)cc3)n2)c1. The van der Waals surface area contributed by atoms with Gasteiger partial charge in [-0.15, -0.1) is 11.3 Å². The van der Waals surface area contributed by atoms with Crippen molar-refractivity contribution in [1.29, 1.82) is 0 Å². The van der Waals surface area contributed by atoms with Crippen LogP contribution < -0.4 is 19.5 Å². The number of amides is 1. The van der Waals surface area contributed by atoms with Gasteiger partial charge in [-0.2, -0.15) is 0 Å². The fraction of sp³-hybridized carbons (Fsp3) is 0.238. The number of benzene rings is 2. The third-order valence-electron chi connectivity index (χ3n) is 3.90. The van der Waals surface area contributed by atoms with Crippen molar-refractivity contribution < 1.29 is 19.0 Å². The Morgan fingerprint density at radius 3 is 2.39 bits per heavy atom. The largest absolute Gasteiger partial charge is 0.497 e. The van der Waals surface area contributed by atoms with Crippen LogP contribution in [0.5, 0.6) is 17.2 Å². The van der Waals surface area contributed by atoms with Crippen molar-refractivity contribution in [1.82, 2.24) is 4.98 Å². The van der Waals surface area contributed by atoms with Crippen LogP contribution in [0, 0.1) is 0 Å². The molecule has 3 aromatic rings. The summed E-state index contributed by atoms with van der Waals surface area (Å²) >= 11 is 1.35. The monoisotopic (exact) mass is 398 g/mol. The summed E-state index contributed by atoms with van der Waals surface area (Å²) in [6, 6.07) is 12.5. The number of nitrogens with one attached hydrogen (secondary N) is 1. The van der Waals surface area contributed by atoms with Crippen LogP contribution in [0.15, 0.2) is 47.8 Å². The molecule has 0 saturated heterocycles. The number of hydrogen-bond acceptors (Lipinski definition) is 6. The number of methoxy groups -OCH3 is 2. The van der Waals surface area contributed by atoms with Gasteiger partial charge >= 0.3 is 0 Å². The van der Waals surface area contributed by atoms with Gasteiger partial charge in [0.05, 0.1) is 26.0 Å². The molecule has 0 radical (unpaired) electrons. The summed E-state index contributed by atoms with van der Waals surface area (Å²) in [6.07, 6.45) is 0.0852. The van der Waals surface area contributed by atoms with Crippen LogP contribution in [0.3, 0.4) is 0 Å². The van der Waals surface area contributed by atoms with Gasteiger partial charge in [-0.1, -0.05) is 0 Å². The first-order chi connectivity index (χ1) is 13.5. The van der Waals surface area contributed by atoms with Crippen molar-refractivity contribution in [2.75, 3.05) is 19.5 Å². The molecule has 0 fully saturated rings. The smallest absolute Gasteiger partial charge is 0.257 e. The average Bonchev–Trinajstić information content (AvgIpc) is 3.15. The van der Waals surface area contributed by atoms with Crippen molar-refractivity contribution >= 4 is 22.4 Å². The summed E-state index contributed by atoms with van der Waals surface area (Å²) in [5.41, 5.74) is 2.04. The van der Waals surface area contributed by atoms with Gasteiger partial charge in [0, 0.05) is 16.5 Å². The van der Waals surface area contributed by atoms with Gasteiger partial charge in [0.15, 0.2) is 5.13 Å². The Balaban J connectivity index is 1.75. The summed E-state index contributed by atoms with van der Waals surface area (Å²) in [5.74, 6) is 1.89. The van der Waals surface area contributed by atoms with Crippen LogP contribution in [0.4, 0.5) is 5.13 Å². The molecule has 2 aromatic carbocycles. The van der Waals surface area contributed by atoms with E-state index in [1.807, 2.05) is 37.4 Å². The minimum absolute atomic E-state index is 0.0852. The fourth-order valence-corrected chi connectivity index (χ4v) is 3.30. The second-order valence-corrected chi connectivity index (χ2v) is 7.11. The Hall–Kier alpha value is -3.06. The molecular weight excluding hydrogens is 376 g/mol. The molecule has 0 aliphatic carbocycles. The van der Waals surface area contributed by atoms with Crippen LogP contribution >= 0.6 is 11.3 Å². The number of carbonyl (C=O) groups is 1. The highest BCUT2D eigenvalue weighted by Crippen LogP contribution is 2.35. The predicted octanol–water partition coefficient (Wildman–Crippen LogP) is 4.87. The lowest BCUT2D eigenvalue weighted by molar-refractivity contribution is 0.102. The highest BCUT2D eigenvalue weighted by molar-refractivity contribution is 7.14. The van der Waals surface area contributed by atoms with E-state index in [9.17, 15) is 4.79 Å². The van der Waals surface area contributed by atoms with Crippen LogP contribution in [-0.2, 0) is 0 Å². The van der Waals surface area contributed by atoms with E-state index >= 15 is 0 Å². The Bertz CT molecular complexity index is 951. The number of aromatic nitrogens is 1. The van der Waals surface area contributed by atoms with Crippen LogP contribution in [-0.4, -0.2) is 31.2 Å². The Morgan fingerprint density at radius 2 is 1.75 bits per heavy atom. The van der Waals surface area contributed by atoms with E-state index in [2.05, 4.69) is 10.3 Å². The lowest BCUT2D eigenvalue weighted by Crippen LogP contribution is -2.12. The number of rotatable bonds is 7. The standard InChI is InChI=1S/C21H22N2O4S/c1-13(2)27-15-7-5-14(6-8-15)20(24)23-21-22-18(12-28-21)17-11-16(25-3)9-10-19(17)26-4/h5-13H,1-4H3,(H,22,23,24).